The van der Waals surface area contributed by atoms with Crippen LogP contribution in [0.15, 0.2) is 72.9 Å². The van der Waals surface area contributed by atoms with Crippen molar-refractivity contribution in [3.8, 4) is 5.75 Å². The molecule has 0 bridgehead atoms. The third kappa shape index (κ3) is 7.26. The third-order valence-electron chi connectivity index (χ3n) is 7.75. The van der Waals surface area contributed by atoms with Gasteiger partial charge in [-0.3, -0.25) is 9.69 Å². The summed E-state index contributed by atoms with van der Waals surface area (Å²) in [5, 5.41) is 3.98. The summed E-state index contributed by atoms with van der Waals surface area (Å²) in [7, 11) is 0. The summed E-state index contributed by atoms with van der Waals surface area (Å²) in [4.78, 5) is 20.2. The zero-order valence-electron chi connectivity index (χ0n) is 24.2. The lowest BCUT2D eigenvalue weighted by Crippen LogP contribution is -2.47. The lowest BCUT2D eigenvalue weighted by atomic mass is 9.87. The molecule has 9 heteroatoms. The molecule has 222 valence electrons. The molecule has 1 aliphatic heterocycles. The maximum atomic E-state index is 13.1. The van der Waals surface area contributed by atoms with Crippen molar-refractivity contribution in [2.45, 2.75) is 38.8 Å². The van der Waals surface area contributed by atoms with Gasteiger partial charge in [0.05, 0.1) is 5.56 Å². The first-order valence-corrected chi connectivity index (χ1v) is 14.2. The first-order valence-electron chi connectivity index (χ1n) is 14.2. The maximum absolute atomic E-state index is 13.1. The molecule has 6 nitrogen and oxygen atoms in total. The summed E-state index contributed by atoms with van der Waals surface area (Å²) in [6, 6.07) is 19.2. The van der Waals surface area contributed by atoms with Gasteiger partial charge in [0.15, 0.2) is 6.61 Å². The molecule has 0 unspecified atom stereocenters. The number of alkyl halides is 3. The molecule has 1 saturated heterocycles. The standard InChI is InChI=1S/C33H37F3N4O2/c1-32(2,3)24-7-10-28(11-8-24)42-22-31(41)38-26-9-12-30-29(20-26)23(21-37-30)13-14-39-15-17-40(18-16-39)27-6-4-5-25(19-27)33(34,35)36/h4-12,19-21,37H,13-18,22H2,1-3H3,(H,38,41). The van der Waals surface area contributed by atoms with E-state index in [0.29, 0.717) is 30.2 Å². The summed E-state index contributed by atoms with van der Waals surface area (Å²) in [6.45, 7) is 10.1. The monoisotopic (exact) mass is 578 g/mol. The van der Waals surface area contributed by atoms with Gasteiger partial charge in [-0.05, 0) is 71.5 Å². The molecule has 0 saturated carbocycles. The number of hydrogen-bond donors (Lipinski definition) is 2. The molecule has 1 fully saturated rings. The van der Waals surface area contributed by atoms with E-state index in [0.717, 1.165) is 48.6 Å². The number of aromatic amines is 1. The van der Waals surface area contributed by atoms with Gasteiger partial charge < -0.3 is 19.9 Å². The van der Waals surface area contributed by atoms with E-state index < -0.39 is 11.7 Å². The van der Waals surface area contributed by atoms with Crippen molar-refractivity contribution in [2.75, 3.05) is 49.5 Å². The van der Waals surface area contributed by atoms with E-state index in [9.17, 15) is 18.0 Å². The Morgan fingerprint density at radius 3 is 2.36 bits per heavy atom. The van der Waals surface area contributed by atoms with Gasteiger partial charge in [-0.15, -0.1) is 0 Å². The predicted molar refractivity (Wildman–Crippen MR) is 161 cm³/mol. The Kier molecular flexibility index (Phi) is 8.50. The fraction of sp³-hybridized carbons (Fsp3) is 0.364. The van der Waals surface area contributed by atoms with Gasteiger partial charge >= 0.3 is 6.18 Å². The van der Waals surface area contributed by atoms with E-state index in [1.165, 1.54) is 17.7 Å². The highest BCUT2D eigenvalue weighted by Gasteiger charge is 2.31. The number of ether oxygens (including phenoxy) is 1. The minimum absolute atomic E-state index is 0.0518. The number of fused-ring (bicyclic) bond motifs is 1. The quantitative estimate of drug-likeness (QED) is 0.240. The molecule has 2 N–H and O–H groups in total. The van der Waals surface area contributed by atoms with Crippen molar-refractivity contribution < 1.29 is 22.7 Å². The lowest BCUT2D eigenvalue weighted by molar-refractivity contribution is -0.137. The van der Waals surface area contributed by atoms with Crippen LogP contribution in [0.4, 0.5) is 24.5 Å². The molecule has 0 spiro atoms. The summed E-state index contributed by atoms with van der Waals surface area (Å²) < 4.78 is 45.0. The first-order chi connectivity index (χ1) is 20.0. The number of nitrogens with zero attached hydrogens (tertiary/aromatic N) is 2. The Morgan fingerprint density at radius 1 is 0.929 bits per heavy atom. The predicted octanol–water partition coefficient (Wildman–Crippen LogP) is 6.87. The molecule has 42 heavy (non-hydrogen) atoms. The van der Waals surface area contributed by atoms with Gasteiger partial charge in [-0.25, -0.2) is 0 Å². The Labute approximate surface area is 244 Å². The number of rotatable bonds is 8. The Bertz CT molecular complexity index is 1520. The van der Waals surface area contributed by atoms with E-state index >= 15 is 0 Å². The van der Waals surface area contributed by atoms with E-state index in [1.807, 2.05) is 53.6 Å². The van der Waals surface area contributed by atoms with Crippen molar-refractivity contribution in [3.05, 3.63) is 89.6 Å². The van der Waals surface area contributed by atoms with Crippen molar-refractivity contribution >= 4 is 28.2 Å². The molecule has 0 aliphatic carbocycles. The molecule has 0 atom stereocenters. The molecule has 1 aliphatic rings. The molecular formula is C33H37F3N4O2. The molecule has 2 heterocycles. The number of anilines is 2. The maximum Gasteiger partial charge on any atom is 0.416 e. The zero-order valence-corrected chi connectivity index (χ0v) is 24.2. The van der Waals surface area contributed by atoms with Crippen LogP contribution in [0.2, 0.25) is 0 Å². The minimum atomic E-state index is -4.34. The number of piperazine rings is 1. The second-order valence-corrected chi connectivity index (χ2v) is 11.8. The van der Waals surface area contributed by atoms with Crippen LogP contribution in [0.3, 0.4) is 0 Å². The average molecular weight is 579 g/mol. The number of H-pyrrole nitrogens is 1. The highest BCUT2D eigenvalue weighted by atomic mass is 19.4. The number of hydrogen-bond acceptors (Lipinski definition) is 4. The van der Waals surface area contributed by atoms with Crippen LogP contribution in [0.5, 0.6) is 5.75 Å². The van der Waals surface area contributed by atoms with Crippen molar-refractivity contribution in [3.63, 3.8) is 0 Å². The molecule has 1 aromatic heterocycles. The number of carbonyl (C=O) groups excluding carboxylic acids is 1. The summed E-state index contributed by atoms with van der Waals surface area (Å²) in [5.41, 5.74) is 4.09. The zero-order chi connectivity index (χ0) is 29.9. The second kappa shape index (κ2) is 12.1. The fourth-order valence-corrected chi connectivity index (χ4v) is 5.25. The van der Waals surface area contributed by atoms with Crippen molar-refractivity contribution in [2.24, 2.45) is 0 Å². The number of amides is 1. The normalized spacial score (nSPS) is 14.8. The van der Waals surface area contributed by atoms with Crippen molar-refractivity contribution in [1.29, 1.82) is 0 Å². The van der Waals surface area contributed by atoms with Gasteiger partial charge in [0.2, 0.25) is 0 Å². The largest absolute Gasteiger partial charge is 0.484 e. The smallest absolute Gasteiger partial charge is 0.416 e. The topological polar surface area (TPSA) is 60.6 Å². The summed E-state index contributed by atoms with van der Waals surface area (Å²) >= 11 is 0. The summed E-state index contributed by atoms with van der Waals surface area (Å²) in [6.07, 6.45) is -1.53. The number of carbonyl (C=O) groups is 1. The van der Waals surface area contributed by atoms with E-state index in [1.54, 1.807) is 6.07 Å². The lowest BCUT2D eigenvalue weighted by Gasteiger charge is -2.36. The van der Waals surface area contributed by atoms with Crippen LogP contribution in [-0.4, -0.2) is 55.1 Å². The Hall–Kier alpha value is -3.98. The van der Waals surface area contributed by atoms with Crippen LogP contribution in [0.25, 0.3) is 10.9 Å². The van der Waals surface area contributed by atoms with Crippen LogP contribution in [-0.2, 0) is 22.8 Å². The molecular weight excluding hydrogens is 541 g/mol. The molecule has 1 amide bonds. The van der Waals surface area contributed by atoms with Gasteiger partial charge in [-0.1, -0.05) is 39.0 Å². The second-order valence-electron chi connectivity index (χ2n) is 11.8. The molecule has 0 radical (unpaired) electrons. The van der Waals surface area contributed by atoms with Gasteiger partial charge in [0.25, 0.3) is 5.91 Å². The SMILES string of the molecule is CC(C)(C)c1ccc(OCC(=O)Nc2ccc3[nH]cc(CCN4CCN(c5cccc(C(F)(F)F)c5)CC4)c3c2)cc1. The van der Waals surface area contributed by atoms with Crippen LogP contribution < -0.4 is 15.0 Å². The molecule has 3 aromatic carbocycles. The summed E-state index contributed by atoms with van der Waals surface area (Å²) in [5.74, 6) is 0.419. The van der Waals surface area contributed by atoms with Crippen molar-refractivity contribution in [1.82, 2.24) is 9.88 Å². The number of benzene rings is 3. The van der Waals surface area contributed by atoms with Gasteiger partial charge in [0, 0.05) is 61.2 Å². The number of halogens is 3. The average Bonchev–Trinajstić information content (AvgIpc) is 3.37. The van der Waals surface area contributed by atoms with Crippen LogP contribution in [0, 0.1) is 0 Å². The molecule has 4 aromatic rings. The number of nitrogens with one attached hydrogen (secondary N) is 2. The van der Waals surface area contributed by atoms with Crippen LogP contribution in [0.1, 0.15) is 37.5 Å². The highest BCUT2D eigenvalue weighted by Crippen LogP contribution is 2.32. The highest BCUT2D eigenvalue weighted by molar-refractivity contribution is 5.95. The van der Waals surface area contributed by atoms with Gasteiger partial charge in [-0.2, -0.15) is 13.2 Å². The third-order valence-corrected chi connectivity index (χ3v) is 7.75. The first kappa shape index (κ1) is 29.5. The number of aromatic nitrogens is 1. The Balaban J connectivity index is 1.12. The van der Waals surface area contributed by atoms with E-state index in [-0.39, 0.29) is 17.9 Å². The Morgan fingerprint density at radius 2 is 1.67 bits per heavy atom. The van der Waals surface area contributed by atoms with E-state index in [4.69, 9.17) is 4.74 Å². The molecule has 5 rings (SSSR count). The minimum Gasteiger partial charge on any atom is -0.484 e. The van der Waals surface area contributed by atoms with E-state index in [2.05, 4.69) is 36.0 Å². The fourth-order valence-electron chi connectivity index (χ4n) is 5.25. The van der Waals surface area contributed by atoms with Gasteiger partial charge in [0.1, 0.15) is 5.75 Å². The van der Waals surface area contributed by atoms with Crippen LogP contribution >= 0.6 is 0 Å².